The number of aliphatic hydroxyl groups excluding tert-OH is 1. The minimum atomic E-state index is -1.18. The van der Waals surface area contributed by atoms with Gasteiger partial charge in [-0.05, 0) is 0 Å². The maximum Gasteiger partial charge on any atom is 0.326 e. The molecule has 2 aliphatic heterocycles. The number of hydrogen-bond acceptors (Lipinski definition) is 5. The minimum absolute atomic E-state index is 0.00476. The van der Waals surface area contributed by atoms with E-state index in [4.69, 9.17) is 15.6 Å². The zero-order valence-corrected chi connectivity index (χ0v) is 10.8. The first-order chi connectivity index (χ1) is 9.41. The van der Waals surface area contributed by atoms with E-state index in [-0.39, 0.29) is 32.7 Å². The van der Waals surface area contributed by atoms with Gasteiger partial charge in [0.25, 0.3) is 0 Å². The number of hydrogen-bond donors (Lipinski definition) is 3. The smallest absolute Gasteiger partial charge is 0.326 e. The molecule has 2 rings (SSSR count). The fourth-order valence-corrected chi connectivity index (χ4v) is 2.49. The van der Waals surface area contributed by atoms with E-state index >= 15 is 0 Å². The summed E-state index contributed by atoms with van der Waals surface area (Å²) in [4.78, 5) is 37.1. The van der Waals surface area contributed by atoms with Crippen LogP contribution in [0.15, 0.2) is 0 Å². The van der Waals surface area contributed by atoms with Gasteiger partial charge >= 0.3 is 12.0 Å². The van der Waals surface area contributed by atoms with Gasteiger partial charge in [0, 0.05) is 19.5 Å². The third kappa shape index (κ3) is 2.68. The van der Waals surface area contributed by atoms with Crippen molar-refractivity contribution in [1.82, 2.24) is 9.80 Å². The molecule has 0 aromatic rings. The maximum absolute atomic E-state index is 12.4. The number of morpholine rings is 1. The van der Waals surface area contributed by atoms with Crippen LogP contribution < -0.4 is 5.73 Å². The number of primary amides is 1. The van der Waals surface area contributed by atoms with E-state index in [9.17, 15) is 19.5 Å². The third-order valence-corrected chi connectivity index (χ3v) is 3.51. The van der Waals surface area contributed by atoms with Crippen LogP contribution in [0, 0.1) is 0 Å². The van der Waals surface area contributed by atoms with Crippen molar-refractivity contribution in [3.05, 3.63) is 0 Å². The van der Waals surface area contributed by atoms with E-state index in [0.717, 1.165) is 4.90 Å². The first-order valence-corrected chi connectivity index (χ1v) is 6.27. The average Bonchev–Trinajstić information content (AvgIpc) is 2.80. The fourth-order valence-electron chi connectivity index (χ4n) is 2.49. The van der Waals surface area contributed by atoms with Gasteiger partial charge in [-0.3, -0.25) is 4.79 Å². The number of amides is 3. The Kier molecular flexibility index (Phi) is 4.09. The number of rotatable bonds is 2. The van der Waals surface area contributed by atoms with Crippen LogP contribution in [0.3, 0.4) is 0 Å². The summed E-state index contributed by atoms with van der Waals surface area (Å²) in [5.41, 5.74) is 5.22. The second-order valence-electron chi connectivity index (χ2n) is 4.86. The van der Waals surface area contributed by atoms with Gasteiger partial charge in [0.05, 0.1) is 19.3 Å². The zero-order valence-electron chi connectivity index (χ0n) is 10.8. The molecule has 9 heteroatoms. The molecule has 0 aromatic carbocycles. The Morgan fingerprint density at radius 1 is 1.20 bits per heavy atom. The van der Waals surface area contributed by atoms with Crippen LogP contribution in [0.4, 0.5) is 4.79 Å². The van der Waals surface area contributed by atoms with Crippen LogP contribution in [0.5, 0.6) is 0 Å². The molecule has 20 heavy (non-hydrogen) atoms. The lowest BCUT2D eigenvalue weighted by Crippen LogP contribution is -2.59. The Labute approximate surface area is 114 Å². The highest BCUT2D eigenvalue weighted by Crippen LogP contribution is 2.21. The summed E-state index contributed by atoms with van der Waals surface area (Å²) in [5.74, 6) is -1.89. The van der Waals surface area contributed by atoms with Crippen molar-refractivity contribution >= 4 is 17.9 Å². The Hall–Kier alpha value is -1.87. The Bertz CT molecular complexity index is 408. The summed E-state index contributed by atoms with van der Waals surface area (Å²) in [6.45, 7) is 0.336. The van der Waals surface area contributed by atoms with Gasteiger partial charge in [-0.25, -0.2) is 9.59 Å². The van der Waals surface area contributed by atoms with Crippen LogP contribution in [0.25, 0.3) is 0 Å². The second kappa shape index (κ2) is 5.63. The van der Waals surface area contributed by atoms with Gasteiger partial charge < -0.3 is 30.5 Å². The minimum Gasteiger partial charge on any atom is -0.480 e. The zero-order chi connectivity index (χ0) is 14.9. The molecule has 2 fully saturated rings. The number of nitrogens with two attached hydrogens (primary N) is 1. The molecule has 3 unspecified atom stereocenters. The van der Waals surface area contributed by atoms with E-state index in [1.54, 1.807) is 0 Å². The lowest BCUT2D eigenvalue weighted by atomic mass is 10.2. The number of carbonyl (C=O) groups is 3. The molecule has 9 nitrogen and oxygen atoms in total. The predicted octanol–water partition coefficient (Wildman–Crippen LogP) is -2.19. The summed E-state index contributed by atoms with van der Waals surface area (Å²) < 4.78 is 5.10. The van der Waals surface area contributed by atoms with Crippen molar-refractivity contribution in [2.45, 2.75) is 24.6 Å². The number of urea groups is 1. The molecule has 0 aromatic heterocycles. The van der Waals surface area contributed by atoms with Crippen LogP contribution in [0.2, 0.25) is 0 Å². The summed E-state index contributed by atoms with van der Waals surface area (Å²) in [6, 6.07) is -2.61. The second-order valence-corrected chi connectivity index (χ2v) is 4.86. The SMILES string of the molecule is NC(=O)C1COCCN1C(=O)N1CC(O)CC1C(=O)O. The monoisotopic (exact) mass is 287 g/mol. The number of aliphatic carboxylic acids is 1. The third-order valence-electron chi connectivity index (χ3n) is 3.51. The van der Waals surface area contributed by atoms with E-state index in [0.29, 0.717) is 0 Å². The Morgan fingerprint density at radius 3 is 2.50 bits per heavy atom. The quantitative estimate of drug-likeness (QED) is 0.528. The van der Waals surface area contributed by atoms with Crippen molar-refractivity contribution in [1.29, 1.82) is 0 Å². The number of carbonyl (C=O) groups excluding carboxylic acids is 2. The molecular weight excluding hydrogens is 270 g/mol. The maximum atomic E-state index is 12.4. The molecule has 2 heterocycles. The van der Waals surface area contributed by atoms with Gasteiger partial charge in [-0.15, -0.1) is 0 Å². The molecule has 0 saturated carbocycles. The first kappa shape index (κ1) is 14.5. The summed E-state index contributed by atoms with van der Waals surface area (Å²) in [6.07, 6.45) is -0.903. The normalized spacial score (nSPS) is 30.4. The molecule has 112 valence electrons. The largest absolute Gasteiger partial charge is 0.480 e. The van der Waals surface area contributed by atoms with Crippen molar-refractivity contribution in [3.63, 3.8) is 0 Å². The van der Waals surface area contributed by atoms with Gasteiger partial charge in [0.1, 0.15) is 12.1 Å². The predicted molar refractivity (Wildman–Crippen MR) is 64.7 cm³/mol. The Balaban J connectivity index is 2.16. The molecular formula is C11H17N3O6. The molecule has 2 saturated heterocycles. The molecule has 4 N–H and O–H groups in total. The van der Waals surface area contributed by atoms with Crippen molar-refractivity contribution in [2.24, 2.45) is 5.73 Å². The topological polar surface area (TPSA) is 133 Å². The Morgan fingerprint density at radius 2 is 1.90 bits per heavy atom. The number of nitrogens with zero attached hydrogens (tertiary/aromatic N) is 2. The summed E-state index contributed by atoms with van der Waals surface area (Å²) in [7, 11) is 0. The van der Waals surface area contributed by atoms with Crippen molar-refractivity contribution in [2.75, 3.05) is 26.3 Å². The van der Waals surface area contributed by atoms with Crippen molar-refractivity contribution in [3.8, 4) is 0 Å². The van der Waals surface area contributed by atoms with E-state index < -0.39 is 36.1 Å². The number of ether oxygens (including phenoxy) is 1. The van der Waals surface area contributed by atoms with Gasteiger partial charge in [0.2, 0.25) is 5.91 Å². The van der Waals surface area contributed by atoms with Crippen LogP contribution >= 0.6 is 0 Å². The number of likely N-dealkylation sites (tertiary alicyclic amines) is 1. The highest BCUT2D eigenvalue weighted by atomic mass is 16.5. The lowest BCUT2D eigenvalue weighted by molar-refractivity contribution is -0.141. The molecule has 0 radical (unpaired) electrons. The van der Waals surface area contributed by atoms with Crippen LogP contribution in [-0.4, -0.2) is 82.4 Å². The highest BCUT2D eigenvalue weighted by Gasteiger charge is 2.43. The lowest BCUT2D eigenvalue weighted by Gasteiger charge is -2.37. The number of carboxylic acids is 1. The average molecular weight is 287 g/mol. The molecule has 2 aliphatic rings. The molecule has 3 atom stereocenters. The van der Waals surface area contributed by atoms with Crippen LogP contribution in [0.1, 0.15) is 6.42 Å². The van der Waals surface area contributed by atoms with Crippen molar-refractivity contribution < 1.29 is 29.3 Å². The number of β-amino-alcohol motifs (C(OH)–C–C–N with tert-alkyl or cyclic N) is 1. The summed E-state index contributed by atoms with van der Waals surface area (Å²) in [5, 5.41) is 18.6. The van der Waals surface area contributed by atoms with E-state index in [1.807, 2.05) is 0 Å². The summed E-state index contributed by atoms with van der Waals surface area (Å²) >= 11 is 0. The number of carboxylic acid groups (broad SMARTS) is 1. The van der Waals surface area contributed by atoms with Gasteiger partial charge in [0.15, 0.2) is 0 Å². The molecule has 0 bridgehead atoms. The molecule has 0 spiro atoms. The fraction of sp³-hybridized carbons (Fsp3) is 0.727. The van der Waals surface area contributed by atoms with Crippen LogP contribution in [-0.2, 0) is 14.3 Å². The molecule has 3 amide bonds. The highest BCUT2D eigenvalue weighted by molar-refractivity contribution is 5.88. The number of aliphatic hydroxyl groups is 1. The van der Waals surface area contributed by atoms with Gasteiger partial charge in [-0.1, -0.05) is 0 Å². The van der Waals surface area contributed by atoms with E-state index in [2.05, 4.69) is 0 Å². The standard InChI is InChI=1S/C11H17N3O6/c12-9(16)8-5-20-2-1-13(8)11(19)14-4-6(15)3-7(14)10(17)18/h6-8,15H,1-5H2,(H2,12,16)(H,17,18). The molecule has 0 aliphatic carbocycles. The van der Waals surface area contributed by atoms with E-state index in [1.165, 1.54) is 4.90 Å². The first-order valence-electron chi connectivity index (χ1n) is 6.27. The van der Waals surface area contributed by atoms with Gasteiger partial charge in [-0.2, -0.15) is 0 Å².